The van der Waals surface area contributed by atoms with Gasteiger partial charge in [0.05, 0.1) is 0 Å². The van der Waals surface area contributed by atoms with E-state index in [1.807, 2.05) is 0 Å². The van der Waals surface area contributed by atoms with Crippen LogP contribution in [0.2, 0.25) is 0 Å². The van der Waals surface area contributed by atoms with E-state index in [2.05, 4.69) is 57.2 Å². The van der Waals surface area contributed by atoms with Gasteiger partial charge in [0.1, 0.15) is 13.2 Å². The summed E-state index contributed by atoms with van der Waals surface area (Å²) in [5.74, 6) is -0.902. The van der Waals surface area contributed by atoms with Gasteiger partial charge in [0.25, 0.3) is 0 Å². The molecule has 6 heteroatoms. The van der Waals surface area contributed by atoms with Crippen LogP contribution in [-0.4, -0.2) is 37.2 Å². The summed E-state index contributed by atoms with van der Waals surface area (Å²) in [6.45, 7) is 6.45. The molecule has 1 atom stereocenters. The molecule has 52 heavy (non-hydrogen) atoms. The maximum atomic E-state index is 12.6. The predicted molar refractivity (Wildman–Crippen MR) is 219 cm³/mol. The highest BCUT2D eigenvalue weighted by atomic mass is 16.6. The minimum atomic E-state index is -0.774. The highest BCUT2D eigenvalue weighted by molar-refractivity contribution is 5.71. The first-order valence-electron chi connectivity index (χ1n) is 22.0. The third-order valence-electron chi connectivity index (χ3n) is 9.38. The first-order chi connectivity index (χ1) is 25.5. The van der Waals surface area contributed by atoms with Gasteiger partial charge in [0.2, 0.25) is 0 Å². The van der Waals surface area contributed by atoms with Gasteiger partial charge in [-0.05, 0) is 64.2 Å². The van der Waals surface area contributed by atoms with Crippen LogP contribution in [0.15, 0.2) is 36.5 Å². The molecule has 0 aliphatic rings. The van der Waals surface area contributed by atoms with Crippen molar-refractivity contribution in [3.8, 4) is 0 Å². The molecule has 0 saturated carbocycles. The van der Waals surface area contributed by atoms with Gasteiger partial charge in [0.15, 0.2) is 6.10 Å². The monoisotopic (exact) mass is 731 g/mol. The van der Waals surface area contributed by atoms with Crippen LogP contribution >= 0.6 is 0 Å². The van der Waals surface area contributed by atoms with Crippen molar-refractivity contribution in [2.75, 3.05) is 13.2 Å². The molecular formula is C46H82O6. The fraction of sp³-hybridized carbons (Fsp3) is 0.804. The van der Waals surface area contributed by atoms with Gasteiger partial charge in [-0.1, -0.05) is 173 Å². The molecule has 1 unspecified atom stereocenters. The van der Waals surface area contributed by atoms with Gasteiger partial charge >= 0.3 is 17.9 Å². The van der Waals surface area contributed by atoms with E-state index >= 15 is 0 Å². The van der Waals surface area contributed by atoms with Crippen LogP contribution in [0.25, 0.3) is 0 Å². The van der Waals surface area contributed by atoms with Gasteiger partial charge in [0, 0.05) is 19.3 Å². The second kappa shape index (κ2) is 41.4. The molecule has 0 fully saturated rings. The zero-order chi connectivity index (χ0) is 38.0. The molecule has 0 spiro atoms. The lowest BCUT2D eigenvalue weighted by Gasteiger charge is -2.18. The molecule has 0 aromatic rings. The zero-order valence-electron chi connectivity index (χ0n) is 34.3. The smallest absolute Gasteiger partial charge is 0.306 e. The number of carbonyl (C=O) groups is 3. The van der Waals surface area contributed by atoms with E-state index in [0.29, 0.717) is 19.3 Å². The van der Waals surface area contributed by atoms with Crippen LogP contribution < -0.4 is 0 Å². The van der Waals surface area contributed by atoms with E-state index in [0.717, 1.165) is 96.3 Å². The number of rotatable bonds is 39. The summed E-state index contributed by atoms with van der Waals surface area (Å²) < 4.78 is 16.6. The summed E-state index contributed by atoms with van der Waals surface area (Å²) in [5, 5.41) is 0. The molecule has 0 N–H and O–H groups in total. The summed E-state index contributed by atoms with van der Waals surface area (Å²) in [4.78, 5) is 37.6. The molecule has 0 aliphatic heterocycles. The minimum absolute atomic E-state index is 0.0777. The first kappa shape index (κ1) is 49.6. The Morgan fingerprint density at radius 1 is 0.404 bits per heavy atom. The third-order valence-corrected chi connectivity index (χ3v) is 9.38. The van der Waals surface area contributed by atoms with E-state index in [1.54, 1.807) is 0 Å². The highest BCUT2D eigenvalue weighted by Crippen LogP contribution is 2.14. The lowest BCUT2D eigenvalue weighted by Crippen LogP contribution is -2.30. The zero-order valence-corrected chi connectivity index (χ0v) is 34.3. The molecule has 0 heterocycles. The molecule has 0 radical (unpaired) electrons. The Hall–Kier alpha value is -2.37. The van der Waals surface area contributed by atoms with Gasteiger partial charge in [-0.15, -0.1) is 0 Å². The SMILES string of the molecule is CC/C=C\C/C=C\CCCCCCCCCC(=O)OCC(COC(=O)CCCCCCCCCCCC)OC(=O)CCCCCC/C=C\CCCC. The van der Waals surface area contributed by atoms with Crippen LogP contribution in [0, 0.1) is 0 Å². The molecule has 0 amide bonds. The van der Waals surface area contributed by atoms with E-state index in [-0.39, 0.29) is 31.1 Å². The van der Waals surface area contributed by atoms with Crippen molar-refractivity contribution in [1.29, 1.82) is 0 Å². The number of esters is 3. The van der Waals surface area contributed by atoms with Crippen LogP contribution in [0.3, 0.4) is 0 Å². The average Bonchev–Trinajstić information content (AvgIpc) is 3.14. The van der Waals surface area contributed by atoms with E-state index < -0.39 is 6.10 Å². The van der Waals surface area contributed by atoms with Gasteiger partial charge in [-0.2, -0.15) is 0 Å². The molecule has 0 bridgehead atoms. The topological polar surface area (TPSA) is 78.9 Å². The predicted octanol–water partition coefficient (Wildman–Crippen LogP) is 13.8. The molecule has 0 aromatic carbocycles. The van der Waals surface area contributed by atoms with E-state index in [4.69, 9.17) is 14.2 Å². The lowest BCUT2D eigenvalue weighted by atomic mass is 10.1. The van der Waals surface area contributed by atoms with Crippen LogP contribution in [0.1, 0.15) is 220 Å². The molecule has 302 valence electrons. The van der Waals surface area contributed by atoms with Crippen LogP contribution in [0.4, 0.5) is 0 Å². The van der Waals surface area contributed by atoms with Crippen molar-refractivity contribution in [3.05, 3.63) is 36.5 Å². The Labute approximate surface area is 321 Å². The molecular weight excluding hydrogens is 648 g/mol. The first-order valence-corrected chi connectivity index (χ1v) is 22.0. The second-order valence-electron chi connectivity index (χ2n) is 14.6. The van der Waals surface area contributed by atoms with Crippen molar-refractivity contribution in [2.45, 2.75) is 226 Å². The summed E-state index contributed by atoms with van der Waals surface area (Å²) in [7, 11) is 0. The van der Waals surface area contributed by atoms with E-state index in [1.165, 1.54) is 83.5 Å². The molecule has 6 nitrogen and oxygen atoms in total. The molecule has 0 aliphatic carbocycles. The van der Waals surface area contributed by atoms with Crippen LogP contribution in [-0.2, 0) is 28.6 Å². The summed E-state index contributed by atoms with van der Waals surface area (Å²) in [5.41, 5.74) is 0. The maximum Gasteiger partial charge on any atom is 0.306 e. The average molecular weight is 731 g/mol. The molecule has 0 rings (SSSR count). The number of hydrogen-bond donors (Lipinski definition) is 0. The molecule has 0 aromatic heterocycles. The molecule has 0 saturated heterocycles. The van der Waals surface area contributed by atoms with Crippen molar-refractivity contribution in [3.63, 3.8) is 0 Å². The van der Waals surface area contributed by atoms with Gasteiger partial charge in [-0.3, -0.25) is 14.4 Å². The van der Waals surface area contributed by atoms with Crippen molar-refractivity contribution in [1.82, 2.24) is 0 Å². The fourth-order valence-corrected chi connectivity index (χ4v) is 6.05. The Morgan fingerprint density at radius 2 is 0.769 bits per heavy atom. The van der Waals surface area contributed by atoms with Gasteiger partial charge in [-0.25, -0.2) is 0 Å². The Balaban J connectivity index is 4.36. The second-order valence-corrected chi connectivity index (χ2v) is 14.6. The normalized spacial score (nSPS) is 12.3. The number of carbonyl (C=O) groups excluding carboxylic acids is 3. The summed E-state index contributed by atoms with van der Waals surface area (Å²) >= 11 is 0. The third kappa shape index (κ3) is 38.9. The lowest BCUT2D eigenvalue weighted by molar-refractivity contribution is -0.167. The highest BCUT2D eigenvalue weighted by Gasteiger charge is 2.19. The largest absolute Gasteiger partial charge is 0.462 e. The van der Waals surface area contributed by atoms with Crippen molar-refractivity contribution >= 4 is 17.9 Å². The van der Waals surface area contributed by atoms with Crippen LogP contribution in [0.5, 0.6) is 0 Å². The summed E-state index contributed by atoms with van der Waals surface area (Å²) in [6, 6.07) is 0. The standard InChI is InChI=1S/C46H82O6/c1-4-7-10-13-16-19-22-23-24-25-28-30-33-36-39-45(48)51-42-43(52-46(49)40-37-34-31-27-21-18-15-12-9-6-3)41-50-44(47)38-35-32-29-26-20-17-14-11-8-5-2/h7,10,15-16,18-19,43H,4-6,8-9,11-14,17,20-42H2,1-3H3/b10-7-,18-15-,19-16-. The number of ether oxygens (including phenoxy) is 3. The van der Waals surface area contributed by atoms with Crippen molar-refractivity contribution in [2.24, 2.45) is 0 Å². The quantitative estimate of drug-likeness (QED) is 0.0271. The van der Waals surface area contributed by atoms with E-state index in [9.17, 15) is 14.4 Å². The fourth-order valence-electron chi connectivity index (χ4n) is 6.05. The maximum absolute atomic E-state index is 12.6. The van der Waals surface area contributed by atoms with Gasteiger partial charge < -0.3 is 14.2 Å². The Morgan fingerprint density at radius 3 is 1.23 bits per heavy atom. The summed E-state index contributed by atoms with van der Waals surface area (Å²) in [6.07, 6.45) is 45.5. The number of hydrogen-bond acceptors (Lipinski definition) is 6. The number of allylic oxidation sites excluding steroid dienone is 6. The number of unbranched alkanes of at least 4 members (excludes halogenated alkanes) is 22. The minimum Gasteiger partial charge on any atom is -0.462 e. The van der Waals surface area contributed by atoms with Crippen molar-refractivity contribution < 1.29 is 28.6 Å². The Kier molecular flexibility index (Phi) is 39.5. The Bertz CT molecular complexity index is 891.